The Hall–Kier alpha value is -3.00. The van der Waals surface area contributed by atoms with Gasteiger partial charge in [0.25, 0.3) is 0 Å². The summed E-state index contributed by atoms with van der Waals surface area (Å²) < 4.78 is 13.2. The molecule has 3 aromatic carbocycles. The lowest BCUT2D eigenvalue weighted by Gasteiger charge is -2.16. The largest absolute Gasteiger partial charge is 0.294 e. The van der Waals surface area contributed by atoms with Crippen molar-refractivity contribution in [2.75, 3.05) is 0 Å². The van der Waals surface area contributed by atoms with Gasteiger partial charge in [-0.05, 0) is 65.3 Å². The van der Waals surface area contributed by atoms with Crippen LogP contribution in [0.15, 0.2) is 84.9 Å². The highest BCUT2D eigenvalue weighted by atomic mass is 19.1. The average Bonchev–Trinajstić information content (AvgIpc) is 3.13. The Labute approximate surface area is 159 Å². The van der Waals surface area contributed by atoms with Crippen molar-refractivity contribution in [2.24, 2.45) is 5.92 Å². The third kappa shape index (κ3) is 3.75. The van der Waals surface area contributed by atoms with Crippen LogP contribution in [0.5, 0.6) is 0 Å². The number of carbonyl (C=O) groups is 1. The molecule has 0 saturated carbocycles. The summed E-state index contributed by atoms with van der Waals surface area (Å²) >= 11 is 0. The third-order valence-corrected chi connectivity index (χ3v) is 5.28. The number of carbonyl (C=O) groups excluding carboxylic acids is 1. The van der Waals surface area contributed by atoms with Crippen LogP contribution in [0.3, 0.4) is 0 Å². The predicted octanol–water partition coefficient (Wildman–Crippen LogP) is 6.42. The Morgan fingerprint density at radius 3 is 2.04 bits per heavy atom. The Balaban J connectivity index is 1.69. The third-order valence-electron chi connectivity index (χ3n) is 5.28. The molecule has 0 spiro atoms. The zero-order valence-electron chi connectivity index (χ0n) is 15.1. The minimum atomic E-state index is -0.316. The molecular weight excluding hydrogens is 335 g/mol. The van der Waals surface area contributed by atoms with E-state index in [-0.39, 0.29) is 17.5 Å². The summed E-state index contributed by atoms with van der Waals surface area (Å²) in [6.07, 6.45) is 2.38. The van der Waals surface area contributed by atoms with Crippen molar-refractivity contribution in [2.45, 2.75) is 19.3 Å². The van der Waals surface area contributed by atoms with Crippen LogP contribution >= 0.6 is 0 Å². The molecule has 0 saturated heterocycles. The van der Waals surface area contributed by atoms with Crippen LogP contribution in [0.2, 0.25) is 0 Å². The zero-order valence-corrected chi connectivity index (χ0v) is 15.1. The quantitative estimate of drug-likeness (QED) is 0.482. The number of hydrogen-bond donors (Lipinski definition) is 0. The van der Waals surface area contributed by atoms with Crippen LogP contribution in [0, 0.1) is 11.7 Å². The second kappa shape index (κ2) is 7.71. The maximum atomic E-state index is 13.2. The lowest BCUT2D eigenvalue weighted by molar-refractivity contribution is 0.0970. The monoisotopic (exact) mass is 356 g/mol. The molecule has 3 aromatic rings. The first-order chi connectivity index (χ1) is 13.2. The number of rotatable bonds is 5. The topological polar surface area (TPSA) is 17.1 Å². The van der Waals surface area contributed by atoms with Gasteiger partial charge in [0.15, 0.2) is 5.78 Å². The molecule has 0 unspecified atom stereocenters. The smallest absolute Gasteiger partial charge is 0.163 e. The fourth-order valence-electron chi connectivity index (χ4n) is 3.99. The van der Waals surface area contributed by atoms with Crippen LogP contribution in [-0.2, 0) is 0 Å². The van der Waals surface area contributed by atoms with E-state index in [1.165, 1.54) is 34.4 Å². The Morgan fingerprint density at radius 1 is 0.815 bits per heavy atom. The van der Waals surface area contributed by atoms with E-state index in [1.807, 2.05) is 24.3 Å². The molecular formula is C25H21FO. The van der Waals surface area contributed by atoms with Crippen LogP contribution in [0.4, 0.5) is 4.39 Å². The fourth-order valence-corrected chi connectivity index (χ4v) is 3.99. The second-order valence-corrected chi connectivity index (χ2v) is 6.99. The number of ketones is 1. The molecule has 0 fully saturated rings. The van der Waals surface area contributed by atoms with Crippen molar-refractivity contribution >= 4 is 16.9 Å². The molecule has 0 bridgehead atoms. The van der Waals surface area contributed by atoms with Crippen molar-refractivity contribution in [1.82, 2.24) is 0 Å². The van der Waals surface area contributed by atoms with Gasteiger partial charge in [0.2, 0.25) is 0 Å². The molecule has 1 aliphatic rings. The summed E-state index contributed by atoms with van der Waals surface area (Å²) in [5.74, 6) is -0.0634. The molecule has 4 rings (SSSR count). The van der Waals surface area contributed by atoms with Gasteiger partial charge in [-0.2, -0.15) is 0 Å². The summed E-state index contributed by atoms with van der Waals surface area (Å²) in [6.45, 7) is 0. The standard InChI is InChI=1S/C25H21FO/c26-22-14-11-19(12-15-22)24(27)17-21-13-16-23(18-7-3-1-4-8-18)25(21)20-9-5-2-6-10-20/h1-12,14-15,21H,13,16-17H2/t21-/m1/s1. The second-order valence-electron chi connectivity index (χ2n) is 6.99. The van der Waals surface area contributed by atoms with Gasteiger partial charge in [-0.15, -0.1) is 0 Å². The Kier molecular flexibility index (Phi) is 4.97. The van der Waals surface area contributed by atoms with Crippen molar-refractivity contribution in [1.29, 1.82) is 0 Å². The molecule has 0 heterocycles. The number of hydrogen-bond acceptors (Lipinski definition) is 1. The number of benzene rings is 3. The summed E-state index contributed by atoms with van der Waals surface area (Å²) in [7, 11) is 0. The van der Waals surface area contributed by atoms with Gasteiger partial charge in [0.1, 0.15) is 5.82 Å². The molecule has 0 aliphatic heterocycles. The molecule has 1 nitrogen and oxygen atoms in total. The van der Waals surface area contributed by atoms with E-state index in [1.54, 1.807) is 12.1 Å². The molecule has 1 atom stereocenters. The van der Waals surface area contributed by atoms with Crippen molar-refractivity contribution in [3.63, 3.8) is 0 Å². The van der Waals surface area contributed by atoms with Crippen LogP contribution in [0.25, 0.3) is 11.1 Å². The lowest BCUT2D eigenvalue weighted by Crippen LogP contribution is -2.08. The first-order valence-corrected chi connectivity index (χ1v) is 9.35. The Morgan fingerprint density at radius 2 is 1.41 bits per heavy atom. The highest BCUT2D eigenvalue weighted by molar-refractivity contribution is 6.00. The first kappa shape index (κ1) is 17.4. The SMILES string of the molecule is O=C(C[C@H]1CCC(c2ccccc2)=C1c1ccccc1)c1ccc(F)cc1. The van der Waals surface area contributed by atoms with Gasteiger partial charge >= 0.3 is 0 Å². The molecule has 0 radical (unpaired) electrons. The van der Waals surface area contributed by atoms with Crippen LogP contribution in [0.1, 0.15) is 40.7 Å². The van der Waals surface area contributed by atoms with E-state index in [0.29, 0.717) is 12.0 Å². The normalized spacial score (nSPS) is 16.6. The van der Waals surface area contributed by atoms with Gasteiger partial charge in [-0.25, -0.2) is 4.39 Å². The molecule has 1 aliphatic carbocycles. The van der Waals surface area contributed by atoms with Crippen molar-refractivity contribution in [3.8, 4) is 0 Å². The van der Waals surface area contributed by atoms with Gasteiger partial charge in [0, 0.05) is 12.0 Å². The molecule has 0 aromatic heterocycles. The van der Waals surface area contributed by atoms with E-state index in [9.17, 15) is 9.18 Å². The lowest BCUT2D eigenvalue weighted by atomic mass is 9.87. The molecule has 0 N–H and O–H groups in total. The highest BCUT2D eigenvalue weighted by Crippen LogP contribution is 2.45. The highest BCUT2D eigenvalue weighted by Gasteiger charge is 2.29. The maximum absolute atomic E-state index is 13.2. The van der Waals surface area contributed by atoms with Crippen molar-refractivity contribution < 1.29 is 9.18 Å². The minimum absolute atomic E-state index is 0.0720. The number of halogens is 1. The van der Waals surface area contributed by atoms with Gasteiger partial charge in [-0.1, -0.05) is 60.7 Å². The molecule has 2 heteroatoms. The molecule has 134 valence electrons. The van der Waals surface area contributed by atoms with E-state index in [2.05, 4.69) is 36.4 Å². The Bertz CT molecular complexity index is 956. The number of Topliss-reactive ketones (excluding diaryl/α,β-unsaturated/α-hetero) is 1. The molecule has 0 amide bonds. The predicted molar refractivity (Wildman–Crippen MR) is 108 cm³/mol. The first-order valence-electron chi connectivity index (χ1n) is 9.35. The summed E-state index contributed by atoms with van der Waals surface area (Å²) in [5, 5.41) is 0. The van der Waals surface area contributed by atoms with E-state index in [0.717, 1.165) is 12.8 Å². The van der Waals surface area contributed by atoms with Gasteiger partial charge in [0.05, 0.1) is 0 Å². The number of allylic oxidation sites excluding steroid dienone is 2. The van der Waals surface area contributed by atoms with Gasteiger partial charge < -0.3 is 0 Å². The fraction of sp³-hybridized carbons (Fsp3) is 0.160. The average molecular weight is 356 g/mol. The van der Waals surface area contributed by atoms with Crippen molar-refractivity contribution in [3.05, 3.63) is 107 Å². The minimum Gasteiger partial charge on any atom is -0.294 e. The van der Waals surface area contributed by atoms with Gasteiger partial charge in [-0.3, -0.25) is 4.79 Å². The summed E-state index contributed by atoms with van der Waals surface area (Å²) in [5.41, 5.74) is 5.60. The maximum Gasteiger partial charge on any atom is 0.163 e. The summed E-state index contributed by atoms with van der Waals surface area (Å²) in [6, 6.07) is 26.6. The van der Waals surface area contributed by atoms with E-state index in [4.69, 9.17) is 0 Å². The van der Waals surface area contributed by atoms with E-state index >= 15 is 0 Å². The van der Waals surface area contributed by atoms with Crippen LogP contribution < -0.4 is 0 Å². The molecule has 27 heavy (non-hydrogen) atoms. The summed E-state index contributed by atoms with van der Waals surface area (Å²) in [4.78, 5) is 12.8. The zero-order chi connectivity index (χ0) is 18.6. The van der Waals surface area contributed by atoms with Crippen LogP contribution in [-0.4, -0.2) is 5.78 Å². The van der Waals surface area contributed by atoms with E-state index < -0.39 is 0 Å².